The minimum Gasteiger partial charge on any atom is -0.334 e. The van der Waals surface area contributed by atoms with Crippen molar-refractivity contribution in [1.82, 2.24) is 14.8 Å². The molecular formula is C20H19N3O3S. The SMILES string of the molecule is Cc1nc2ccc(C(=O)N3CC(N4C(=O)[C@H]5CC=CC[C@H]5C4=O)C3)cc2s1. The van der Waals surface area contributed by atoms with Crippen LogP contribution in [-0.4, -0.2) is 51.6 Å². The Morgan fingerprint density at radius 3 is 2.44 bits per heavy atom. The summed E-state index contributed by atoms with van der Waals surface area (Å²) < 4.78 is 0.997. The maximum Gasteiger partial charge on any atom is 0.254 e. The predicted molar refractivity (Wildman–Crippen MR) is 101 cm³/mol. The van der Waals surface area contributed by atoms with Crippen molar-refractivity contribution >= 4 is 39.3 Å². The van der Waals surface area contributed by atoms with E-state index in [2.05, 4.69) is 4.98 Å². The second kappa shape index (κ2) is 5.99. The fourth-order valence-electron chi connectivity index (χ4n) is 4.33. The molecule has 5 rings (SSSR count). The van der Waals surface area contributed by atoms with Crippen LogP contribution in [0.25, 0.3) is 10.2 Å². The van der Waals surface area contributed by atoms with E-state index in [1.165, 1.54) is 4.90 Å². The van der Waals surface area contributed by atoms with Crippen LogP contribution in [0.4, 0.5) is 0 Å². The average molecular weight is 381 g/mol. The molecule has 2 aliphatic heterocycles. The van der Waals surface area contributed by atoms with Crippen molar-refractivity contribution in [3.8, 4) is 0 Å². The maximum atomic E-state index is 12.8. The molecule has 0 unspecified atom stereocenters. The number of amides is 3. The molecule has 0 radical (unpaired) electrons. The van der Waals surface area contributed by atoms with E-state index in [4.69, 9.17) is 0 Å². The molecular weight excluding hydrogens is 362 g/mol. The summed E-state index contributed by atoms with van der Waals surface area (Å²) in [6, 6.07) is 5.36. The fraction of sp³-hybridized carbons (Fsp3) is 0.400. The molecule has 27 heavy (non-hydrogen) atoms. The lowest BCUT2D eigenvalue weighted by Gasteiger charge is -2.43. The number of rotatable bonds is 2. The summed E-state index contributed by atoms with van der Waals surface area (Å²) in [6.45, 7) is 2.79. The molecule has 1 aromatic heterocycles. The fourth-order valence-corrected chi connectivity index (χ4v) is 5.19. The summed E-state index contributed by atoms with van der Waals surface area (Å²) in [7, 11) is 0. The van der Waals surface area contributed by atoms with Gasteiger partial charge in [0.1, 0.15) is 0 Å². The molecule has 0 spiro atoms. The molecule has 0 bridgehead atoms. The third kappa shape index (κ3) is 2.52. The summed E-state index contributed by atoms with van der Waals surface area (Å²) >= 11 is 1.57. The molecule has 7 heteroatoms. The number of carbonyl (C=O) groups excluding carboxylic acids is 3. The number of carbonyl (C=O) groups is 3. The highest BCUT2D eigenvalue weighted by Crippen LogP contribution is 2.37. The number of fused-ring (bicyclic) bond motifs is 2. The number of allylic oxidation sites excluding steroid dienone is 2. The summed E-state index contributed by atoms with van der Waals surface area (Å²) in [6.07, 6.45) is 5.28. The number of nitrogens with zero attached hydrogens (tertiary/aromatic N) is 3. The Hall–Kier alpha value is -2.54. The van der Waals surface area contributed by atoms with E-state index < -0.39 is 0 Å². The van der Waals surface area contributed by atoms with Crippen molar-refractivity contribution in [2.24, 2.45) is 11.8 Å². The number of likely N-dealkylation sites (tertiary alicyclic amines) is 2. The van der Waals surface area contributed by atoms with Gasteiger partial charge in [-0.3, -0.25) is 19.3 Å². The zero-order valence-electron chi connectivity index (χ0n) is 14.9. The first-order chi connectivity index (χ1) is 13.0. The van der Waals surface area contributed by atoms with Crippen LogP contribution < -0.4 is 0 Å². The molecule has 3 amide bonds. The van der Waals surface area contributed by atoms with E-state index in [1.807, 2.05) is 31.2 Å². The van der Waals surface area contributed by atoms with Crippen LogP contribution in [0.2, 0.25) is 0 Å². The quantitative estimate of drug-likeness (QED) is 0.592. The Morgan fingerprint density at radius 2 is 1.78 bits per heavy atom. The Bertz CT molecular complexity index is 979. The summed E-state index contributed by atoms with van der Waals surface area (Å²) in [4.78, 5) is 45.6. The molecule has 1 aliphatic carbocycles. The maximum absolute atomic E-state index is 12.8. The largest absolute Gasteiger partial charge is 0.334 e. The van der Waals surface area contributed by atoms with Crippen LogP contribution in [-0.2, 0) is 9.59 Å². The lowest BCUT2D eigenvalue weighted by atomic mass is 9.85. The van der Waals surface area contributed by atoms with Crippen molar-refractivity contribution in [1.29, 1.82) is 0 Å². The van der Waals surface area contributed by atoms with Gasteiger partial charge in [0, 0.05) is 18.7 Å². The van der Waals surface area contributed by atoms with Crippen LogP contribution in [0, 0.1) is 18.8 Å². The number of aryl methyl sites for hydroxylation is 1. The summed E-state index contributed by atoms with van der Waals surface area (Å²) in [5.41, 5.74) is 1.53. The number of hydrogen-bond donors (Lipinski definition) is 0. The molecule has 6 nitrogen and oxygen atoms in total. The second-order valence-electron chi connectivity index (χ2n) is 7.48. The van der Waals surface area contributed by atoms with Gasteiger partial charge in [-0.1, -0.05) is 12.2 Å². The normalized spacial score (nSPS) is 25.2. The Balaban J connectivity index is 1.29. The lowest BCUT2D eigenvalue weighted by molar-refractivity contribution is -0.145. The van der Waals surface area contributed by atoms with Crippen LogP contribution >= 0.6 is 11.3 Å². The van der Waals surface area contributed by atoms with E-state index in [9.17, 15) is 14.4 Å². The number of aromatic nitrogens is 1. The highest BCUT2D eigenvalue weighted by Gasteiger charge is 2.52. The molecule has 3 aliphatic rings. The standard InChI is InChI=1S/C20H19N3O3S/c1-11-21-16-7-6-12(8-17(16)27-11)18(24)22-9-13(10-22)23-19(25)14-4-2-3-5-15(14)20(23)26/h2-3,6-8,13-15H,4-5,9-10H2,1H3/t14-,15+. The molecule has 2 fully saturated rings. The minimum atomic E-state index is -0.204. The van der Waals surface area contributed by atoms with Gasteiger partial charge in [0.05, 0.1) is 33.1 Å². The lowest BCUT2D eigenvalue weighted by Crippen LogP contribution is -2.62. The van der Waals surface area contributed by atoms with Gasteiger partial charge in [0.15, 0.2) is 0 Å². The van der Waals surface area contributed by atoms with E-state index >= 15 is 0 Å². The Labute approximate surface area is 160 Å². The first-order valence-electron chi connectivity index (χ1n) is 9.21. The summed E-state index contributed by atoms with van der Waals surface area (Å²) in [5.74, 6) is -0.591. The van der Waals surface area contributed by atoms with Crippen molar-refractivity contribution in [3.63, 3.8) is 0 Å². The average Bonchev–Trinajstić information content (AvgIpc) is 3.12. The van der Waals surface area contributed by atoms with Gasteiger partial charge in [-0.05, 0) is 38.0 Å². The van der Waals surface area contributed by atoms with E-state index in [0.29, 0.717) is 31.5 Å². The summed E-state index contributed by atoms with van der Waals surface area (Å²) in [5, 5.41) is 0.973. The van der Waals surface area contributed by atoms with Gasteiger partial charge in [0.2, 0.25) is 11.8 Å². The molecule has 1 aromatic carbocycles. The zero-order valence-corrected chi connectivity index (χ0v) is 15.7. The first-order valence-corrected chi connectivity index (χ1v) is 10.0. The molecule has 138 valence electrons. The number of benzene rings is 1. The molecule has 2 aromatic rings. The molecule has 0 N–H and O–H groups in total. The van der Waals surface area contributed by atoms with E-state index in [1.54, 1.807) is 22.3 Å². The van der Waals surface area contributed by atoms with Crippen molar-refractivity contribution in [3.05, 3.63) is 40.9 Å². The highest BCUT2D eigenvalue weighted by molar-refractivity contribution is 7.18. The smallest absolute Gasteiger partial charge is 0.254 e. The highest BCUT2D eigenvalue weighted by atomic mass is 32.1. The first kappa shape index (κ1) is 16.6. The predicted octanol–water partition coefficient (Wildman–Crippen LogP) is 2.38. The zero-order chi connectivity index (χ0) is 18.7. The third-order valence-electron chi connectivity index (χ3n) is 5.80. The van der Waals surface area contributed by atoms with Gasteiger partial charge >= 0.3 is 0 Å². The Kier molecular flexibility index (Phi) is 3.69. The van der Waals surface area contributed by atoms with Crippen molar-refractivity contribution < 1.29 is 14.4 Å². The number of thiazole rings is 1. The van der Waals surface area contributed by atoms with Gasteiger partial charge in [-0.15, -0.1) is 11.3 Å². The van der Waals surface area contributed by atoms with E-state index in [-0.39, 0.29) is 35.6 Å². The third-order valence-corrected chi connectivity index (χ3v) is 6.73. The van der Waals surface area contributed by atoms with Crippen LogP contribution in [0.3, 0.4) is 0 Å². The van der Waals surface area contributed by atoms with E-state index in [0.717, 1.165) is 15.2 Å². The van der Waals surface area contributed by atoms with Gasteiger partial charge < -0.3 is 4.90 Å². The van der Waals surface area contributed by atoms with Gasteiger partial charge in [-0.25, -0.2) is 4.98 Å². The van der Waals surface area contributed by atoms with Crippen molar-refractivity contribution in [2.45, 2.75) is 25.8 Å². The molecule has 3 heterocycles. The van der Waals surface area contributed by atoms with Crippen LogP contribution in [0.1, 0.15) is 28.2 Å². The Morgan fingerprint density at radius 1 is 1.11 bits per heavy atom. The minimum absolute atomic E-state index is 0.0580. The number of hydrogen-bond acceptors (Lipinski definition) is 5. The van der Waals surface area contributed by atoms with Gasteiger partial charge in [0.25, 0.3) is 5.91 Å². The molecule has 2 atom stereocenters. The van der Waals surface area contributed by atoms with Crippen LogP contribution in [0.15, 0.2) is 30.4 Å². The number of imide groups is 1. The van der Waals surface area contributed by atoms with Gasteiger partial charge in [-0.2, -0.15) is 0 Å². The van der Waals surface area contributed by atoms with Crippen LogP contribution in [0.5, 0.6) is 0 Å². The second-order valence-corrected chi connectivity index (χ2v) is 8.72. The molecule has 0 saturated carbocycles. The topological polar surface area (TPSA) is 70.6 Å². The monoisotopic (exact) mass is 381 g/mol. The molecule has 2 saturated heterocycles. The van der Waals surface area contributed by atoms with Crippen molar-refractivity contribution in [2.75, 3.05) is 13.1 Å².